The maximum absolute atomic E-state index is 12.2. The van der Waals surface area contributed by atoms with Crippen LogP contribution in [0.1, 0.15) is 26.4 Å². The van der Waals surface area contributed by atoms with E-state index < -0.39 is 0 Å². The maximum atomic E-state index is 12.2. The van der Waals surface area contributed by atoms with Gasteiger partial charge in [-0.1, -0.05) is 30.3 Å². The summed E-state index contributed by atoms with van der Waals surface area (Å²) in [6.45, 7) is 0. The van der Waals surface area contributed by atoms with Crippen LogP contribution in [0.4, 0.5) is 5.69 Å². The number of carbonyl (C=O) groups is 2. The van der Waals surface area contributed by atoms with E-state index in [0.29, 0.717) is 22.5 Å². The first-order valence-electron chi connectivity index (χ1n) is 7.93. The minimum atomic E-state index is -0.381. The fourth-order valence-electron chi connectivity index (χ4n) is 2.20. The molecule has 6 heteroatoms. The number of benzene rings is 2. The summed E-state index contributed by atoms with van der Waals surface area (Å²) in [6.07, 6.45) is 3.10. The number of hydrazone groups is 1. The van der Waals surface area contributed by atoms with Crippen molar-refractivity contribution in [2.75, 3.05) is 5.32 Å². The summed E-state index contributed by atoms with van der Waals surface area (Å²) in [7, 11) is 0. The molecule has 0 saturated heterocycles. The third-order valence-corrected chi connectivity index (χ3v) is 3.47. The van der Waals surface area contributed by atoms with Crippen LogP contribution in [0.25, 0.3) is 0 Å². The van der Waals surface area contributed by atoms with Gasteiger partial charge in [0.25, 0.3) is 11.8 Å². The Balaban J connectivity index is 1.64. The molecule has 0 aliphatic carbocycles. The molecule has 0 fully saturated rings. The number of carbonyl (C=O) groups excluding carboxylic acids is 2. The predicted molar refractivity (Wildman–Crippen MR) is 100 cm³/mol. The zero-order chi connectivity index (χ0) is 18.2. The monoisotopic (exact) mass is 344 g/mol. The van der Waals surface area contributed by atoms with Crippen LogP contribution in [0.15, 0.2) is 84.1 Å². The number of hydrogen-bond donors (Lipinski definition) is 2. The Morgan fingerprint density at radius 1 is 0.846 bits per heavy atom. The Morgan fingerprint density at radius 2 is 1.62 bits per heavy atom. The van der Waals surface area contributed by atoms with Gasteiger partial charge >= 0.3 is 0 Å². The first kappa shape index (κ1) is 17.0. The highest BCUT2D eigenvalue weighted by Gasteiger charge is 2.08. The molecule has 1 aromatic heterocycles. The number of nitrogens with zero attached hydrogens (tertiary/aromatic N) is 2. The first-order chi connectivity index (χ1) is 12.7. The minimum Gasteiger partial charge on any atom is -0.322 e. The van der Waals surface area contributed by atoms with Crippen molar-refractivity contribution in [3.63, 3.8) is 0 Å². The fourth-order valence-corrected chi connectivity index (χ4v) is 2.20. The van der Waals surface area contributed by atoms with Crippen molar-refractivity contribution in [1.82, 2.24) is 10.4 Å². The highest BCUT2D eigenvalue weighted by Crippen LogP contribution is 2.12. The summed E-state index contributed by atoms with van der Waals surface area (Å²) in [5.74, 6) is -0.621. The van der Waals surface area contributed by atoms with Crippen LogP contribution in [0.2, 0.25) is 0 Å². The lowest BCUT2D eigenvalue weighted by atomic mass is 10.1. The lowest BCUT2D eigenvalue weighted by molar-refractivity contribution is 0.0953. The van der Waals surface area contributed by atoms with E-state index in [0.717, 1.165) is 0 Å². The van der Waals surface area contributed by atoms with Crippen molar-refractivity contribution in [2.45, 2.75) is 0 Å². The van der Waals surface area contributed by atoms with Crippen LogP contribution < -0.4 is 10.7 Å². The molecule has 6 nitrogen and oxygen atoms in total. The Kier molecular flexibility index (Phi) is 5.47. The maximum Gasteiger partial charge on any atom is 0.271 e. The van der Waals surface area contributed by atoms with E-state index in [4.69, 9.17) is 0 Å². The number of anilines is 1. The highest BCUT2D eigenvalue weighted by molar-refractivity contribution is 6.05. The van der Waals surface area contributed by atoms with E-state index in [1.807, 2.05) is 12.1 Å². The highest BCUT2D eigenvalue weighted by atomic mass is 16.2. The largest absolute Gasteiger partial charge is 0.322 e. The molecule has 0 bridgehead atoms. The van der Waals surface area contributed by atoms with E-state index in [2.05, 4.69) is 20.8 Å². The Bertz CT molecular complexity index is 925. The molecule has 0 saturated carbocycles. The van der Waals surface area contributed by atoms with Crippen molar-refractivity contribution in [1.29, 1.82) is 0 Å². The molecule has 3 aromatic rings. The van der Waals surface area contributed by atoms with Gasteiger partial charge in [-0.2, -0.15) is 5.10 Å². The molecule has 2 N–H and O–H groups in total. The van der Waals surface area contributed by atoms with E-state index >= 15 is 0 Å². The molecule has 1 heterocycles. The topological polar surface area (TPSA) is 83.4 Å². The predicted octanol–water partition coefficient (Wildman–Crippen LogP) is 3.10. The second kappa shape index (κ2) is 8.34. The first-order valence-corrected chi connectivity index (χ1v) is 7.93. The van der Waals surface area contributed by atoms with Gasteiger partial charge in [0.1, 0.15) is 0 Å². The van der Waals surface area contributed by atoms with Gasteiger partial charge in [0.15, 0.2) is 0 Å². The number of amides is 2. The average molecular weight is 344 g/mol. The van der Waals surface area contributed by atoms with Gasteiger partial charge in [0.05, 0.1) is 11.9 Å². The van der Waals surface area contributed by atoms with Gasteiger partial charge in [0.2, 0.25) is 0 Å². The van der Waals surface area contributed by atoms with Crippen molar-refractivity contribution in [2.24, 2.45) is 5.10 Å². The third-order valence-electron chi connectivity index (χ3n) is 3.47. The van der Waals surface area contributed by atoms with Crippen molar-refractivity contribution < 1.29 is 9.59 Å². The quantitative estimate of drug-likeness (QED) is 0.551. The number of hydrogen-bond acceptors (Lipinski definition) is 4. The standard InChI is InChI=1S/C20H16N4O2/c25-19(15-7-2-1-3-8-15)23-17-11-6-9-16(13-17)20(26)24-22-14-18-10-4-5-12-21-18/h1-14H,(H,23,25)(H,24,26)/b22-14+. The molecular formula is C20H16N4O2. The van der Waals surface area contributed by atoms with Gasteiger partial charge in [-0.25, -0.2) is 5.43 Å². The van der Waals surface area contributed by atoms with Crippen molar-refractivity contribution in [3.05, 3.63) is 95.8 Å². The van der Waals surface area contributed by atoms with Gasteiger partial charge in [0, 0.05) is 23.0 Å². The van der Waals surface area contributed by atoms with Gasteiger partial charge in [-0.15, -0.1) is 0 Å². The van der Waals surface area contributed by atoms with Gasteiger partial charge < -0.3 is 5.32 Å². The van der Waals surface area contributed by atoms with Crippen molar-refractivity contribution in [3.8, 4) is 0 Å². The van der Waals surface area contributed by atoms with Crippen LogP contribution in [-0.4, -0.2) is 23.0 Å². The summed E-state index contributed by atoms with van der Waals surface area (Å²) in [5.41, 5.74) is 4.53. The molecule has 0 unspecified atom stereocenters. The summed E-state index contributed by atoms with van der Waals surface area (Å²) >= 11 is 0. The summed E-state index contributed by atoms with van der Waals surface area (Å²) in [4.78, 5) is 28.4. The van der Waals surface area contributed by atoms with Crippen LogP contribution in [0.5, 0.6) is 0 Å². The zero-order valence-corrected chi connectivity index (χ0v) is 13.8. The number of rotatable bonds is 5. The summed E-state index contributed by atoms with van der Waals surface area (Å²) in [6, 6.07) is 20.9. The molecule has 0 spiro atoms. The molecule has 0 radical (unpaired) electrons. The molecule has 2 aromatic carbocycles. The molecule has 2 amide bonds. The number of pyridine rings is 1. The fraction of sp³-hybridized carbons (Fsp3) is 0. The third kappa shape index (κ3) is 4.61. The summed E-state index contributed by atoms with van der Waals surface area (Å²) in [5, 5.41) is 6.65. The molecule has 128 valence electrons. The molecular weight excluding hydrogens is 328 g/mol. The second-order valence-electron chi connectivity index (χ2n) is 5.35. The summed E-state index contributed by atoms with van der Waals surface area (Å²) < 4.78 is 0. The Labute approximate surface area is 150 Å². The van der Waals surface area contributed by atoms with Gasteiger partial charge in [-0.3, -0.25) is 14.6 Å². The number of aromatic nitrogens is 1. The van der Waals surface area contributed by atoms with Gasteiger partial charge in [-0.05, 0) is 42.5 Å². The SMILES string of the molecule is O=C(N/N=C/c1ccccn1)c1cccc(NC(=O)c2ccccc2)c1. The van der Waals surface area contributed by atoms with E-state index in [9.17, 15) is 9.59 Å². The lowest BCUT2D eigenvalue weighted by Gasteiger charge is -2.07. The Hall–Kier alpha value is -3.80. The smallest absolute Gasteiger partial charge is 0.271 e. The molecule has 0 aliphatic heterocycles. The van der Waals surface area contributed by atoms with E-state index in [1.165, 1.54) is 6.21 Å². The van der Waals surface area contributed by atoms with Crippen LogP contribution in [0, 0.1) is 0 Å². The van der Waals surface area contributed by atoms with Crippen LogP contribution >= 0.6 is 0 Å². The van der Waals surface area contributed by atoms with E-state index in [1.54, 1.807) is 66.9 Å². The molecule has 26 heavy (non-hydrogen) atoms. The van der Waals surface area contributed by atoms with Crippen molar-refractivity contribution >= 4 is 23.7 Å². The van der Waals surface area contributed by atoms with Crippen LogP contribution in [0.3, 0.4) is 0 Å². The molecule has 0 aliphatic rings. The molecule has 0 atom stereocenters. The lowest BCUT2D eigenvalue weighted by Crippen LogP contribution is -2.18. The van der Waals surface area contributed by atoms with E-state index in [-0.39, 0.29) is 11.8 Å². The minimum absolute atomic E-state index is 0.240. The molecule has 3 rings (SSSR count). The second-order valence-corrected chi connectivity index (χ2v) is 5.35. The number of nitrogens with one attached hydrogen (secondary N) is 2. The normalized spacial score (nSPS) is 10.5. The Morgan fingerprint density at radius 3 is 2.38 bits per heavy atom. The average Bonchev–Trinajstić information content (AvgIpc) is 2.69. The van der Waals surface area contributed by atoms with Crippen LogP contribution in [-0.2, 0) is 0 Å². The zero-order valence-electron chi connectivity index (χ0n) is 13.8.